The van der Waals surface area contributed by atoms with Gasteiger partial charge in [0.05, 0.1) is 11.9 Å². The van der Waals surface area contributed by atoms with Crippen LogP contribution in [0.15, 0.2) is 6.20 Å². The van der Waals surface area contributed by atoms with Crippen molar-refractivity contribution < 1.29 is 0 Å². The van der Waals surface area contributed by atoms with Crippen LogP contribution in [0.25, 0.3) is 0 Å². The molecule has 2 rings (SSSR count). The summed E-state index contributed by atoms with van der Waals surface area (Å²) >= 11 is 0. The molecule has 1 aliphatic rings. The van der Waals surface area contributed by atoms with Crippen LogP contribution in [0.1, 0.15) is 43.7 Å². The Morgan fingerprint density at radius 2 is 2.21 bits per heavy atom. The van der Waals surface area contributed by atoms with E-state index in [1.54, 1.807) is 0 Å². The Balaban J connectivity index is 2.04. The van der Waals surface area contributed by atoms with E-state index in [9.17, 15) is 0 Å². The summed E-state index contributed by atoms with van der Waals surface area (Å²) in [5.41, 5.74) is 6.80. The second kappa shape index (κ2) is 4.55. The first-order valence-corrected chi connectivity index (χ1v) is 5.50. The van der Waals surface area contributed by atoms with Gasteiger partial charge >= 0.3 is 0 Å². The van der Waals surface area contributed by atoms with Crippen molar-refractivity contribution in [3.8, 4) is 0 Å². The summed E-state index contributed by atoms with van der Waals surface area (Å²) in [6.07, 6.45) is 8.22. The highest BCUT2D eigenvalue weighted by atomic mass is 15.4. The quantitative estimate of drug-likeness (QED) is 0.785. The summed E-state index contributed by atoms with van der Waals surface area (Å²) in [6, 6.07) is 0. The number of hydrogen-bond acceptors (Lipinski definition) is 3. The third-order valence-electron chi connectivity index (χ3n) is 3.00. The van der Waals surface area contributed by atoms with Crippen LogP contribution in [0.5, 0.6) is 0 Å². The molecular formula is C10H18N4. The molecule has 14 heavy (non-hydrogen) atoms. The van der Waals surface area contributed by atoms with Crippen LogP contribution in [0, 0.1) is 0 Å². The number of aryl methyl sites for hydroxylation is 1. The van der Waals surface area contributed by atoms with Crippen molar-refractivity contribution in [2.24, 2.45) is 5.73 Å². The highest BCUT2D eigenvalue weighted by molar-refractivity contribution is 5.05. The molecule has 4 nitrogen and oxygen atoms in total. The molecule has 2 N–H and O–H groups in total. The van der Waals surface area contributed by atoms with Crippen LogP contribution in [0.2, 0.25) is 0 Å². The predicted molar refractivity (Wildman–Crippen MR) is 54.9 cm³/mol. The zero-order chi connectivity index (χ0) is 9.80. The Kier molecular flexibility index (Phi) is 3.14. The summed E-state index contributed by atoms with van der Waals surface area (Å²) in [5.74, 6) is 0.697. The van der Waals surface area contributed by atoms with Crippen LogP contribution >= 0.6 is 0 Å². The maximum atomic E-state index is 5.49. The summed E-state index contributed by atoms with van der Waals surface area (Å²) in [4.78, 5) is 0. The summed E-state index contributed by atoms with van der Waals surface area (Å²) < 4.78 is 2.03. The van der Waals surface area contributed by atoms with Crippen LogP contribution in [0.3, 0.4) is 0 Å². The smallest absolute Gasteiger partial charge is 0.0728 e. The van der Waals surface area contributed by atoms with E-state index >= 15 is 0 Å². The van der Waals surface area contributed by atoms with E-state index in [2.05, 4.69) is 10.3 Å². The average molecular weight is 194 g/mol. The van der Waals surface area contributed by atoms with Crippen LogP contribution in [-0.4, -0.2) is 21.5 Å². The molecule has 0 radical (unpaired) electrons. The number of hydrogen-bond donors (Lipinski definition) is 1. The minimum absolute atomic E-state index is 0.697. The molecular weight excluding hydrogens is 176 g/mol. The van der Waals surface area contributed by atoms with Gasteiger partial charge in [0, 0.05) is 12.5 Å². The van der Waals surface area contributed by atoms with Gasteiger partial charge in [0.25, 0.3) is 0 Å². The Bertz CT molecular complexity index is 275. The normalized spacial score (nSPS) is 17.8. The summed E-state index contributed by atoms with van der Waals surface area (Å²) in [5, 5.41) is 8.10. The Morgan fingerprint density at radius 1 is 1.43 bits per heavy atom. The predicted octanol–water partition coefficient (Wildman–Crippen LogP) is 1.28. The van der Waals surface area contributed by atoms with E-state index in [4.69, 9.17) is 5.73 Å². The Morgan fingerprint density at radius 3 is 2.93 bits per heavy atom. The number of nitrogens with two attached hydrogens (primary N) is 1. The first-order valence-electron chi connectivity index (χ1n) is 5.50. The summed E-state index contributed by atoms with van der Waals surface area (Å²) in [6.45, 7) is 1.65. The van der Waals surface area contributed by atoms with Gasteiger partial charge < -0.3 is 5.73 Å². The molecule has 0 unspecified atom stereocenters. The van der Waals surface area contributed by atoms with Gasteiger partial charge in [-0.05, 0) is 25.8 Å². The van der Waals surface area contributed by atoms with Gasteiger partial charge in [-0.25, -0.2) is 4.68 Å². The van der Waals surface area contributed by atoms with Crippen molar-refractivity contribution in [1.82, 2.24) is 15.0 Å². The van der Waals surface area contributed by atoms with Crippen molar-refractivity contribution in [1.29, 1.82) is 0 Å². The van der Waals surface area contributed by atoms with E-state index in [1.165, 1.54) is 31.4 Å². The molecule has 0 amide bonds. The van der Waals surface area contributed by atoms with E-state index in [1.807, 2.05) is 10.9 Å². The third-order valence-corrected chi connectivity index (χ3v) is 3.00. The number of nitrogens with zero attached hydrogens (tertiary/aromatic N) is 3. The highest BCUT2D eigenvalue weighted by Gasteiger charge is 2.20. The summed E-state index contributed by atoms with van der Waals surface area (Å²) in [7, 11) is 0. The van der Waals surface area contributed by atoms with Crippen molar-refractivity contribution in [3.63, 3.8) is 0 Å². The molecule has 0 bridgehead atoms. The lowest BCUT2D eigenvalue weighted by molar-refractivity contribution is 0.516. The second-order valence-electron chi connectivity index (χ2n) is 4.01. The molecule has 4 heteroatoms. The molecule has 0 spiro atoms. The Hall–Kier alpha value is -0.900. The maximum Gasteiger partial charge on any atom is 0.0728 e. The zero-order valence-electron chi connectivity index (χ0n) is 8.52. The molecule has 0 atom stereocenters. The fourth-order valence-electron chi connectivity index (χ4n) is 2.22. The van der Waals surface area contributed by atoms with Crippen LogP contribution in [-0.2, 0) is 6.54 Å². The minimum atomic E-state index is 0.697. The standard InChI is InChI=1S/C10H18N4/c11-6-3-7-14-10(8-12-13-14)9-4-1-2-5-9/h8-9H,1-7,11H2. The zero-order valence-corrected chi connectivity index (χ0v) is 8.52. The molecule has 1 aromatic rings. The fraction of sp³-hybridized carbons (Fsp3) is 0.800. The largest absolute Gasteiger partial charge is 0.330 e. The third kappa shape index (κ3) is 1.95. The van der Waals surface area contributed by atoms with Crippen LogP contribution in [0.4, 0.5) is 0 Å². The molecule has 0 aromatic carbocycles. The lowest BCUT2D eigenvalue weighted by Gasteiger charge is -2.10. The molecule has 1 saturated carbocycles. The van der Waals surface area contributed by atoms with Gasteiger partial charge in [-0.15, -0.1) is 5.10 Å². The SMILES string of the molecule is NCCCn1nncc1C1CCCC1. The van der Waals surface area contributed by atoms with E-state index in [0.29, 0.717) is 5.92 Å². The van der Waals surface area contributed by atoms with Gasteiger partial charge in [0.2, 0.25) is 0 Å². The first kappa shape index (κ1) is 9.65. The van der Waals surface area contributed by atoms with Gasteiger partial charge in [-0.1, -0.05) is 18.1 Å². The second-order valence-corrected chi connectivity index (χ2v) is 4.01. The van der Waals surface area contributed by atoms with E-state index in [0.717, 1.165) is 19.5 Å². The van der Waals surface area contributed by atoms with E-state index < -0.39 is 0 Å². The molecule has 1 heterocycles. The molecule has 1 aromatic heterocycles. The Labute approximate surface area is 84.5 Å². The van der Waals surface area contributed by atoms with Gasteiger partial charge in [-0.3, -0.25) is 0 Å². The van der Waals surface area contributed by atoms with Crippen molar-refractivity contribution in [2.75, 3.05) is 6.54 Å². The highest BCUT2D eigenvalue weighted by Crippen LogP contribution is 2.33. The lowest BCUT2D eigenvalue weighted by Crippen LogP contribution is -2.11. The molecule has 0 aliphatic heterocycles. The fourth-order valence-corrected chi connectivity index (χ4v) is 2.22. The average Bonchev–Trinajstić information content (AvgIpc) is 2.84. The monoisotopic (exact) mass is 194 g/mol. The number of aromatic nitrogens is 3. The maximum absolute atomic E-state index is 5.49. The molecule has 0 saturated heterocycles. The topological polar surface area (TPSA) is 56.7 Å². The lowest BCUT2D eigenvalue weighted by atomic mass is 10.1. The van der Waals surface area contributed by atoms with Gasteiger partial charge in [0.15, 0.2) is 0 Å². The molecule has 1 aliphatic carbocycles. The van der Waals surface area contributed by atoms with Gasteiger partial charge in [0.1, 0.15) is 0 Å². The van der Waals surface area contributed by atoms with Gasteiger partial charge in [-0.2, -0.15) is 0 Å². The molecule has 1 fully saturated rings. The van der Waals surface area contributed by atoms with E-state index in [-0.39, 0.29) is 0 Å². The van der Waals surface area contributed by atoms with Crippen LogP contribution < -0.4 is 5.73 Å². The minimum Gasteiger partial charge on any atom is -0.330 e. The molecule has 78 valence electrons. The van der Waals surface area contributed by atoms with Crippen molar-refractivity contribution in [3.05, 3.63) is 11.9 Å². The van der Waals surface area contributed by atoms with Crippen molar-refractivity contribution in [2.45, 2.75) is 44.6 Å². The van der Waals surface area contributed by atoms with Crippen molar-refractivity contribution >= 4 is 0 Å². The first-order chi connectivity index (χ1) is 6.92. The number of rotatable bonds is 4.